The van der Waals surface area contributed by atoms with Gasteiger partial charge in [-0.3, -0.25) is 4.79 Å². The van der Waals surface area contributed by atoms with Crippen LogP contribution in [0.3, 0.4) is 0 Å². The second-order valence-electron chi connectivity index (χ2n) is 5.03. The summed E-state index contributed by atoms with van der Waals surface area (Å²) in [6.45, 7) is 4.07. The zero-order chi connectivity index (χ0) is 15.4. The second-order valence-corrected chi connectivity index (χ2v) is 5.42. The van der Waals surface area contributed by atoms with E-state index in [2.05, 4.69) is 10.3 Å². The zero-order valence-electron chi connectivity index (χ0n) is 11.9. The van der Waals surface area contributed by atoms with Crippen LogP contribution in [0, 0.1) is 5.82 Å². The van der Waals surface area contributed by atoms with Crippen LogP contribution in [0.1, 0.15) is 41.4 Å². The molecule has 0 unspecified atom stereocenters. The summed E-state index contributed by atoms with van der Waals surface area (Å²) in [7, 11) is 0. The minimum Gasteiger partial charge on any atom is -0.348 e. The Morgan fingerprint density at radius 2 is 2.05 bits per heavy atom. The number of hydrogen-bond acceptors (Lipinski definition) is 2. The minimum absolute atomic E-state index is 0.127. The molecular formula is C16H16ClFN2O. The molecular weight excluding hydrogens is 291 g/mol. The minimum atomic E-state index is -0.339. The van der Waals surface area contributed by atoms with E-state index >= 15 is 0 Å². The molecule has 0 spiro atoms. The fourth-order valence-corrected chi connectivity index (χ4v) is 2.08. The van der Waals surface area contributed by atoms with Crippen molar-refractivity contribution >= 4 is 17.5 Å². The van der Waals surface area contributed by atoms with Crippen molar-refractivity contribution < 1.29 is 9.18 Å². The number of benzene rings is 1. The molecule has 0 radical (unpaired) electrons. The van der Waals surface area contributed by atoms with Crippen molar-refractivity contribution in [3.05, 3.63) is 64.2 Å². The number of pyridine rings is 1. The first kappa shape index (κ1) is 15.4. The van der Waals surface area contributed by atoms with Gasteiger partial charge in [0, 0.05) is 23.4 Å². The quantitative estimate of drug-likeness (QED) is 0.870. The third-order valence-electron chi connectivity index (χ3n) is 3.06. The first-order valence-corrected chi connectivity index (χ1v) is 7.04. The van der Waals surface area contributed by atoms with E-state index in [-0.39, 0.29) is 29.3 Å². The lowest BCUT2D eigenvalue weighted by molar-refractivity contribution is 0.0950. The van der Waals surface area contributed by atoms with Gasteiger partial charge in [0.15, 0.2) is 0 Å². The number of nitrogens with one attached hydrogen (secondary N) is 1. The Hall–Kier alpha value is -1.94. The average molecular weight is 307 g/mol. The summed E-state index contributed by atoms with van der Waals surface area (Å²) in [5.41, 5.74) is 1.61. The summed E-state index contributed by atoms with van der Waals surface area (Å²) < 4.78 is 13.5. The lowest BCUT2D eigenvalue weighted by Gasteiger charge is -2.09. The third-order valence-corrected chi connectivity index (χ3v) is 3.26. The smallest absolute Gasteiger partial charge is 0.251 e. The maximum absolute atomic E-state index is 13.5. The van der Waals surface area contributed by atoms with E-state index in [0.29, 0.717) is 11.1 Å². The topological polar surface area (TPSA) is 42.0 Å². The lowest BCUT2D eigenvalue weighted by Crippen LogP contribution is -2.23. The van der Waals surface area contributed by atoms with Crippen LogP contribution >= 0.6 is 11.6 Å². The third kappa shape index (κ3) is 4.02. The Labute approximate surface area is 128 Å². The number of aromatic nitrogens is 1. The Balaban J connectivity index is 2.12. The van der Waals surface area contributed by atoms with E-state index < -0.39 is 0 Å². The van der Waals surface area contributed by atoms with Gasteiger partial charge in [-0.1, -0.05) is 43.6 Å². The van der Waals surface area contributed by atoms with Crippen LogP contribution in [0.4, 0.5) is 4.39 Å². The lowest BCUT2D eigenvalue weighted by atomic mass is 10.1. The first-order chi connectivity index (χ1) is 9.97. The number of nitrogens with zero attached hydrogens (tertiary/aromatic N) is 1. The van der Waals surface area contributed by atoms with E-state index in [1.807, 2.05) is 13.8 Å². The Bertz CT molecular complexity index is 658. The molecule has 0 atom stereocenters. The highest BCUT2D eigenvalue weighted by atomic mass is 35.5. The number of rotatable bonds is 4. The Kier molecular flexibility index (Phi) is 4.91. The number of carbonyl (C=O) groups is 1. The van der Waals surface area contributed by atoms with Gasteiger partial charge in [0.25, 0.3) is 5.91 Å². The van der Waals surface area contributed by atoms with Gasteiger partial charge < -0.3 is 5.32 Å². The molecule has 0 aliphatic carbocycles. The molecule has 110 valence electrons. The summed E-state index contributed by atoms with van der Waals surface area (Å²) in [6, 6.07) is 9.54. The van der Waals surface area contributed by atoms with Gasteiger partial charge >= 0.3 is 0 Å². The molecule has 0 aliphatic heterocycles. The molecule has 1 amide bonds. The molecule has 0 saturated heterocycles. The molecule has 1 aromatic carbocycles. The van der Waals surface area contributed by atoms with Crippen LogP contribution in [-0.2, 0) is 6.54 Å². The Morgan fingerprint density at radius 3 is 2.71 bits per heavy atom. The molecule has 2 rings (SSSR count). The fraction of sp³-hybridized carbons (Fsp3) is 0.250. The Morgan fingerprint density at radius 1 is 1.33 bits per heavy atom. The summed E-state index contributed by atoms with van der Waals surface area (Å²) in [6.07, 6.45) is 0. The summed E-state index contributed by atoms with van der Waals surface area (Å²) >= 11 is 5.93. The number of carbonyl (C=O) groups excluding carboxylic acids is 1. The van der Waals surface area contributed by atoms with Crippen molar-refractivity contribution in [2.24, 2.45) is 0 Å². The SMILES string of the molecule is CC(C)c1cc(C(=O)NCc2ccccc2F)cc(Cl)n1. The molecule has 1 N–H and O–H groups in total. The highest BCUT2D eigenvalue weighted by molar-refractivity contribution is 6.29. The maximum Gasteiger partial charge on any atom is 0.251 e. The van der Waals surface area contributed by atoms with Crippen molar-refractivity contribution in [3.63, 3.8) is 0 Å². The van der Waals surface area contributed by atoms with Crippen molar-refractivity contribution in [2.75, 3.05) is 0 Å². The van der Waals surface area contributed by atoms with Gasteiger partial charge in [-0.25, -0.2) is 9.37 Å². The van der Waals surface area contributed by atoms with E-state index in [4.69, 9.17) is 11.6 Å². The number of hydrogen-bond donors (Lipinski definition) is 1. The van der Waals surface area contributed by atoms with Crippen LogP contribution in [0.5, 0.6) is 0 Å². The van der Waals surface area contributed by atoms with Gasteiger partial charge in [-0.2, -0.15) is 0 Å². The molecule has 0 fully saturated rings. The maximum atomic E-state index is 13.5. The summed E-state index contributed by atoms with van der Waals surface area (Å²) in [5.74, 6) is -0.472. The molecule has 0 aliphatic rings. The first-order valence-electron chi connectivity index (χ1n) is 6.66. The van der Waals surface area contributed by atoms with Crippen molar-refractivity contribution in [1.29, 1.82) is 0 Å². The van der Waals surface area contributed by atoms with Gasteiger partial charge in [0.1, 0.15) is 11.0 Å². The normalized spacial score (nSPS) is 10.7. The number of amides is 1. The van der Waals surface area contributed by atoms with Crippen molar-refractivity contribution in [3.8, 4) is 0 Å². The van der Waals surface area contributed by atoms with E-state index in [1.54, 1.807) is 24.3 Å². The summed E-state index contributed by atoms with van der Waals surface area (Å²) in [4.78, 5) is 16.3. The predicted molar refractivity (Wildman–Crippen MR) is 80.9 cm³/mol. The zero-order valence-corrected chi connectivity index (χ0v) is 12.6. The van der Waals surface area contributed by atoms with Crippen LogP contribution in [0.25, 0.3) is 0 Å². The standard InChI is InChI=1S/C16H16ClFN2O/c1-10(2)14-7-12(8-15(17)20-14)16(21)19-9-11-5-3-4-6-13(11)18/h3-8,10H,9H2,1-2H3,(H,19,21). The fourth-order valence-electron chi connectivity index (χ4n) is 1.86. The van der Waals surface area contributed by atoms with Gasteiger partial charge in [-0.05, 0) is 24.1 Å². The molecule has 3 nitrogen and oxygen atoms in total. The van der Waals surface area contributed by atoms with Crippen molar-refractivity contribution in [2.45, 2.75) is 26.3 Å². The number of halogens is 2. The second kappa shape index (κ2) is 6.68. The van der Waals surface area contributed by atoms with Crippen LogP contribution < -0.4 is 5.32 Å². The molecule has 0 saturated carbocycles. The molecule has 0 bridgehead atoms. The largest absolute Gasteiger partial charge is 0.348 e. The molecule has 5 heteroatoms. The highest BCUT2D eigenvalue weighted by Gasteiger charge is 2.11. The van der Waals surface area contributed by atoms with Crippen LogP contribution in [0.15, 0.2) is 36.4 Å². The average Bonchev–Trinajstić information content (AvgIpc) is 2.45. The van der Waals surface area contributed by atoms with E-state index in [1.165, 1.54) is 12.1 Å². The molecule has 2 aromatic rings. The molecule has 1 aromatic heterocycles. The van der Waals surface area contributed by atoms with Gasteiger partial charge in [-0.15, -0.1) is 0 Å². The van der Waals surface area contributed by atoms with E-state index in [9.17, 15) is 9.18 Å². The van der Waals surface area contributed by atoms with Crippen LogP contribution in [0.2, 0.25) is 5.15 Å². The monoisotopic (exact) mass is 306 g/mol. The van der Waals surface area contributed by atoms with Crippen molar-refractivity contribution in [1.82, 2.24) is 10.3 Å². The van der Waals surface area contributed by atoms with Crippen LogP contribution in [-0.4, -0.2) is 10.9 Å². The predicted octanol–water partition coefficient (Wildman–Crippen LogP) is 3.93. The van der Waals surface area contributed by atoms with Gasteiger partial charge in [0.2, 0.25) is 0 Å². The van der Waals surface area contributed by atoms with Gasteiger partial charge in [0.05, 0.1) is 0 Å². The summed E-state index contributed by atoms with van der Waals surface area (Å²) in [5, 5.41) is 2.96. The highest BCUT2D eigenvalue weighted by Crippen LogP contribution is 2.17. The molecule has 21 heavy (non-hydrogen) atoms. The van der Waals surface area contributed by atoms with E-state index in [0.717, 1.165) is 5.69 Å². The molecule has 1 heterocycles.